The second-order valence-corrected chi connectivity index (χ2v) is 7.51. The summed E-state index contributed by atoms with van der Waals surface area (Å²) in [6.07, 6.45) is 2.10. The SMILES string of the molecule is CC1(N2CNS(=O)(=O)c3cc(Cl)c(Cl)cc32)CC1. The third-order valence-corrected chi connectivity index (χ3v) is 5.76. The molecular formula is C11H12Cl2N2O2S. The van der Waals surface area contributed by atoms with Gasteiger partial charge in [-0.15, -0.1) is 0 Å². The van der Waals surface area contributed by atoms with Crippen molar-refractivity contribution in [3.63, 3.8) is 0 Å². The van der Waals surface area contributed by atoms with Gasteiger partial charge in [-0.25, -0.2) is 8.42 Å². The number of benzene rings is 1. The molecule has 1 aliphatic carbocycles. The number of rotatable bonds is 1. The molecule has 1 heterocycles. The summed E-state index contributed by atoms with van der Waals surface area (Å²) in [5, 5.41) is 0.630. The lowest BCUT2D eigenvalue weighted by Crippen LogP contribution is -2.48. The van der Waals surface area contributed by atoms with Gasteiger partial charge in [0, 0.05) is 5.54 Å². The highest BCUT2D eigenvalue weighted by molar-refractivity contribution is 7.89. The van der Waals surface area contributed by atoms with Crippen LogP contribution in [0.2, 0.25) is 10.0 Å². The van der Waals surface area contributed by atoms with E-state index in [1.165, 1.54) is 6.07 Å². The van der Waals surface area contributed by atoms with Crippen molar-refractivity contribution in [2.75, 3.05) is 11.6 Å². The lowest BCUT2D eigenvalue weighted by Gasteiger charge is -2.36. The van der Waals surface area contributed by atoms with E-state index in [0.717, 1.165) is 12.8 Å². The van der Waals surface area contributed by atoms with Crippen LogP contribution in [0.3, 0.4) is 0 Å². The van der Waals surface area contributed by atoms with Crippen LogP contribution in [0.1, 0.15) is 19.8 Å². The average molecular weight is 307 g/mol. The van der Waals surface area contributed by atoms with Gasteiger partial charge in [0.05, 0.1) is 22.4 Å². The molecule has 0 amide bonds. The third kappa shape index (κ3) is 1.81. The monoisotopic (exact) mass is 306 g/mol. The molecule has 1 aromatic carbocycles. The van der Waals surface area contributed by atoms with Gasteiger partial charge in [0.1, 0.15) is 4.90 Å². The van der Waals surface area contributed by atoms with Gasteiger partial charge in [0.25, 0.3) is 0 Å². The first-order chi connectivity index (χ1) is 8.33. The fourth-order valence-electron chi connectivity index (χ4n) is 2.19. The van der Waals surface area contributed by atoms with Crippen molar-refractivity contribution >= 4 is 38.9 Å². The predicted molar refractivity (Wildman–Crippen MR) is 71.8 cm³/mol. The summed E-state index contributed by atoms with van der Waals surface area (Å²) in [7, 11) is -3.48. The molecule has 1 aromatic rings. The first-order valence-electron chi connectivity index (χ1n) is 5.60. The molecule has 1 N–H and O–H groups in total. The van der Waals surface area contributed by atoms with Gasteiger partial charge >= 0.3 is 0 Å². The summed E-state index contributed by atoms with van der Waals surface area (Å²) >= 11 is 11.9. The van der Waals surface area contributed by atoms with Crippen LogP contribution in [0.4, 0.5) is 5.69 Å². The molecule has 1 fully saturated rings. The molecule has 0 bridgehead atoms. The molecule has 7 heteroatoms. The summed E-state index contributed by atoms with van der Waals surface area (Å²) in [5.41, 5.74) is 0.664. The Labute approximate surface area is 116 Å². The first-order valence-corrected chi connectivity index (χ1v) is 7.84. The summed E-state index contributed by atoms with van der Waals surface area (Å²) in [6, 6.07) is 3.06. The lowest BCUT2D eigenvalue weighted by molar-refractivity contribution is 0.550. The summed E-state index contributed by atoms with van der Waals surface area (Å²) in [4.78, 5) is 2.25. The topological polar surface area (TPSA) is 49.4 Å². The molecule has 3 rings (SSSR count). The molecule has 0 saturated heterocycles. The van der Waals surface area contributed by atoms with Crippen molar-refractivity contribution in [3.05, 3.63) is 22.2 Å². The number of hydrogen-bond donors (Lipinski definition) is 1. The van der Waals surface area contributed by atoms with Gasteiger partial charge < -0.3 is 4.90 Å². The molecular weight excluding hydrogens is 295 g/mol. The second kappa shape index (κ2) is 3.76. The normalized spacial score (nSPS) is 23.6. The van der Waals surface area contributed by atoms with E-state index in [9.17, 15) is 8.42 Å². The molecule has 0 aromatic heterocycles. The zero-order valence-corrected chi connectivity index (χ0v) is 12.0. The van der Waals surface area contributed by atoms with Crippen molar-refractivity contribution in [1.29, 1.82) is 0 Å². The summed E-state index contributed by atoms with van der Waals surface area (Å²) < 4.78 is 26.5. The van der Waals surface area contributed by atoms with Crippen LogP contribution in [-0.2, 0) is 10.0 Å². The third-order valence-electron chi connectivity index (χ3n) is 3.62. The highest BCUT2D eigenvalue weighted by Gasteiger charge is 2.46. The number of fused-ring (bicyclic) bond motifs is 1. The molecule has 0 atom stereocenters. The standard InChI is InChI=1S/C11H12Cl2N2O2S/c1-11(2-3-11)15-6-14-18(16,17)10-5-8(13)7(12)4-9(10)15/h4-5,14H,2-3,6H2,1H3. The Balaban J connectivity index is 2.22. The minimum atomic E-state index is -3.48. The fourth-order valence-corrected chi connectivity index (χ4v) is 3.75. The van der Waals surface area contributed by atoms with Gasteiger partial charge in [-0.1, -0.05) is 23.2 Å². The van der Waals surface area contributed by atoms with E-state index in [4.69, 9.17) is 23.2 Å². The van der Waals surface area contributed by atoms with Crippen molar-refractivity contribution in [1.82, 2.24) is 4.72 Å². The highest BCUT2D eigenvalue weighted by atomic mass is 35.5. The Hall–Kier alpha value is -0.490. The van der Waals surface area contributed by atoms with Crippen molar-refractivity contribution in [2.45, 2.75) is 30.2 Å². The van der Waals surface area contributed by atoms with E-state index in [1.807, 2.05) is 4.90 Å². The van der Waals surface area contributed by atoms with Gasteiger partial charge in [0.2, 0.25) is 10.0 Å². The van der Waals surface area contributed by atoms with Crippen molar-refractivity contribution in [3.8, 4) is 0 Å². The minimum absolute atomic E-state index is 0.0227. The average Bonchev–Trinajstić information content (AvgIpc) is 3.00. The molecule has 98 valence electrons. The van der Waals surface area contributed by atoms with E-state index >= 15 is 0 Å². The predicted octanol–water partition coefficient (Wildman–Crippen LogP) is 2.60. The van der Waals surface area contributed by atoms with Crippen LogP contribution >= 0.6 is 23.2 Å². The fraction of sp³-hybridized carbons (Fsp3) is 0.455. The molecule has 1 saturated carbocycles. The number of hydrogen-bond acceptors (Lipinski definition) is 3. The van der Waals surface area contributed by atoms with E-state index in [0.29, 0.717) is 10.7 Å². The maximum Gasteiger partial charge on any atom is 0.244 e. The van der Waals surface area contributed by atoms with Crippen molar-refractivity contribution < 1.29 is 8.42 Å². The van der Waals surface area contributed by atoms with Gasteiger partial charge in [-0.3, -0.25) is 0 Å². The van der Waals surface area contributed by atoms with Crippen LogP contribution < -0.4 is 9.62 Å². The molecule has 1 aliphatic heterocycles. The minimum Gasteiger partial charge on any atom is -0.351 e. The lowest BCUT2D eigenvalue weighted by atomic mass is 10.2. The first kappa shape index (κ1) is 12.5. The molecule has 0 radical (unpaired) electrons. The summed E-state index contributed by atoms with van der Waals surface area (Å²) in [6.45, 7) is 2.39. The van der Waals surface area contributed by atoms with Crippen LogP contribution in [-0.4, -0.2) is 20.6 Å². The van der Waals surface area contributed by atoms with Crippen LogP contribution in [0.15, 0.2) is 17.0 Å². The molecule has 0 unspecified atom stereocenters. The highest BCUT2D eigenvalue weighted by Crippen LogP contribution is 2.47. The Morgan fingerprint density at radius 2 is 1.89 bits per heavy atom. The Morgan fingerprint density at radius 3 is 2.50 bits per heavy atom. The second-order valence-electron chi connectivity index (χ2n) is 4.96. The molecule has 2 aliphatic rings. The molecule has 0 spiro atoms. The van der Waals surface area contributed by atoms with Crippen LogP contribution in [0.5, 0.6) is 0 Å². The zero-order chi connectivity index (χ0) is 13.1. The quantitative estimate of drug-likeness (QED) is 0.867. The van der Waals surface area contributed by atoms with Crippen LogP contribution in [0, 0.1) is 0 Å². The number of nitrogens with zero attached hydrogens (tertiary/aromatic N) is 1. The number of sulfonamides is 1. The van der Waals surface area contributed by atoms with E-state index in [1.54, 1.807) is 6.07 Å². The maximum atomic E-state index is 12.0. The van der Waals surface area contributed by atoms with Gasteiger partial charge in [0.15, 0.2) is 0 Å². The van der Waals surface area contributed by atoms with Crippen LogP contribution in [0.25, 0.3) is 0 Å². The van der Waals surface area contributed by atoms with E-state index < -0.39 is 10.0 Å². The largest absolute Gasteiger partial charge is 0.351 e. The zero-order valence-electron chi connectivity index (χ0n) is 9.70. The smallest absolute Gasteiger partial charge is 0.244 e. The Kier molecular flexibility index (Phi) is 2.62. The Morgan fingerprint density at radius 1 is 1.28 bits per heavy atom. The molecule has 18 heavy (non-hydrogen) atoms. The summed E-state index contributed by atoms with van der Waals surface area (Å²) in [5.74, 6) is 0. The van der Waals surface area contributed by atoms with E-state index in [2.05, 4.69) is 11.6 Å². The number of anilines is 1. The van der Waals surface area contributed by atoms with Crippen molar-refractivity contribution in [2.24, 2.45) is 0 Å². The van der Waals surface area contributed by atoms with Gasteiger partial charge in [-0.2, -0.15) is 4.72 Å². The number of halogens is 2. The van der Waals surface area contributed by atoms with Gasteiger partial charge in [-0.05, 0) is 31.9 Å². The van der Waals surface area contributed by atoms with E-state index in [-0.39, 0.29) is 22.1 Å². The molecule has 4 nitrogen and oxygen atoms in total. The number of nitrogens with one attached hydrogen (secondary N) is 1. The maximum absolute atomic E-state index is 12.0. The Bertz CT molecular complexity index is 626.